The van der Waals surface area contributed by atoms with E-state index in [1.807, 2.05) is 18.2 Å². The van der Waals surface area contributed by atoms with Gasteiger partial charge in [0.25, 0.3) is 0 Å². The molecule has 0 bridgehead atoms. The molecule has 0 aromatic heterocycles. The summed E-state index contributed by atoms with van der Waals surface area (Å²) in [5.41, 5.74) is 5.82. The Morgan fingerprint density at radius 1 is 0.849 bits per heavy atom. The summed E-state index contributed by atoms with van der Waals surface area (Å²) in [4.78, 5) is 44.0. The molecule has 3 N–H and O–H groups in total. The molecule has 4 aliphatic heterocycles. The number of imide groups is 1. The lowest BCUT2D eigenvalue weighted by Crippen LogP contribution is -2.58. The van der Waals surface area contributed by atoms with Crippen LogP contribution >= 0.6 is 0 Å². The lowest BCUT2D eigenvalue weighted by molar-refractivity contribution is -0.144. The number of fused-ring (bicyclic) bond motifs is 1. The second-order valence-electron chi connectivity index (χ2n) is 14.9. The van der Waals surface area contributed by atoms with E-state index in [-0.39, 0.29) is 41.5 Å². The van der Waals surface area contributed by atoms with Gasteiger partial charge in [-0.1, -0.05) is 61.5 Å². The van der Waals surface area contributed by atoms with E-state index in [1.165, 1.54) is 16.7 Å². The average Bonchev–Trinajstić information content (AvgIpc) is 3.51. The van der Waals surface area contributed by atoms with Crippen molar-refractivity contribution in [2.24, 2.45) is 11.8 Å². The number of likely N-dealkylation sites (tertiary alicyclic amines) is 1. The highest BCUT2D eigenvalue weighted by Crippen LogP contribution is 2.37. The first-order valence-corrected chi connectivity index (χ1v) is 19.5. The van der Waals surface area contributed by atoms with E-state index in [0.29, 0.717) is 32.5 Å². The van der Waals surface area contributed by atoms with Gasteiger partial charge in [0.05, 0.1) is 18.7 Å². The molecule has 10 nitrogen and oxygen atoms in total. The molecule has 4 aliphatic rings. The Morgan fingerprint density at radius 2 is 1.57 bits per heavy atom. The van der Waals surface area contributed by atoms with Gasteiger partial charge in [-0.3, -0.25) is 24.6 Å². The molecule has 4 atom stereocenters. The molecule has 280 valence electrons. The summed E-state index contributed by atoms with van der Waals surface area (Å²) in [7, 11) is 0. The predicted octanol–water partition coefficient (Wildman–Crippen LogP) is 5.13. The van der Waals surface area contributed by atoms with Crippen molar-refractivity contribution in [1.29, 1.82) is 0 Å². The van der Waals surface area contributed by atoms with Gasteiger partial charge in [0.15, 0.2) is 0 Å². The minimum absolute atomic E-state index is 0.0570. The molecule has 4 fully saturated rings. The number of amides is 3. The van der Waals surface area contributed by atoms with E-state index >= 15 is 0 Å². The first-order chi connectivity index (χ1) is 25.9. The van der Waals surface area contributed by atoms with E-state index in [0.717, 1.165) is 81.7 Å². The Morgan fingerprint density at radius 3 is 2.26 bits per heavy atom. The van der Waals surface area contributed by atoms with Crippen molar-refractivity contribution in [1.82, 2.24) is 25.3 Å². The maximum Gasteiger partial charge on any atom is 0.249 e. The third kappa shape index (κ3) is 8.67. The molecule has 0 spiro atoms. The summed E-state index contributed by atoms with van der Waals surface area (Å²) in [6.45, 7) is 9.33. The van der Waals surface area contributed by atoms with Crippen LogP contribution in [0, 0.1) is 11.8 Å². The molecule has 53 heavy (non-hydrogen) atoms. The number of carbonyl (C=O) groups is 3. The molecule has 0 saturated carbocycles. The van der Waals surface area contributed by atoms with Gasteiger partial charge >= 0.3 is 0 Å². The zero-order chi connectivity index (χ0) is 36.7. The Hall–Kier alpha value is -4.51. The van der Waals surface area contributed by atoms with Gasteiger partial charge in [0, 0.05) is 45.7 Å². The minimum atomic E-state index is -0.514. The molecule has 0 radical (unpaired) electrons. The standard InChI is InChI=1S/C43H53N5O5/c1-2-36(30-9-5-3-6-10-30)41(31-11-15-34(49)16-12-31)32-13-17-35(18-14-32)53-26-8-4-7-21-46-22-24-47(25-23-46)39-27-33-29-48(43(52)37(33)28-44-39)38-19-20-40(50)45-42(38)51/h3,5-6,9-18,33,37-39,44,49H,2,4,7-8,19-29H2,1H3,(H,45,50,51)/b41-36-. The number of phenols is 1. The number of nitrogens with one attached hydrogen (secondary N) is 2. The quantitative estimate of drug-likeness (QED) is 0.127. The first kappa shape index (κ1) is 36.8. The summed E-state index contributed by atoms with van der Waals surface area (Å²) in [5.74, 6) is 0.779. The van der Waals surface area contributed by atoms with Gasteiger partial charge in [0.1, 0.15) is 17.5 Å². The van der Waals surface area contributed by atoms with Crippen molar-refractivity contribution in [2.75, 3.05) is 52.4 Å². The lowest BCUT2D eigenvalue weighted by atomic mass is 9.87. The summed E-state index contributed by atoms with van der Waals surface area (Å²) in [5, 5.41) is 16.0. The number of unbranched alkanes of at least 4 members (excludes halogenated alkanes) is 2. The molecule has 3 aromatic rings. The van der Waals surface area contributed by atoms with Crippen molar-refractivity contribution in [3.8, 4) is 11.5 Å². The fourth-order valence-corrected chi connectivity index (χ4v) is 8.68. The molecule has 4 heterocycles. The van der Waals surface area contributed by atoms with Crippen LogP contribution in [0.15, 0.2) is 78.9 Å². The van der Waals surface area contributed by atoms with Crippen LogP contribution in [0.2, 0.25) is 0 Å². The number of piperidine rings is 2. The molecule has 4 unspecified atom stereocenters. The van der Waals surface area contributed by atoms with E-state index in [9.17, 15) is 19.5 Å². The second kappa shape index (κ2) is 17.1. The minimum Gasteiger partial charge on any atom is -0.508 e. The van der Waals surface area contributed by atoms with Gasteiger partial charge < -0.3 is 25.0 Å². The highest BCUT2D eigenvalue weighted by Gasteiger charge is 2.49. The maximum atomic E-state index is 13.2. The van der Waals surface area contributed by atoms with E-state index in [2.05, 4.69) is 75.9 Å². The topological polar surface area (TPSA) is 114 Å². The van der Waals surface area contributed by atoms with Crippen LogP contribution in [-0.2, 0) is 14.4 Å². The van der Waals surface area contributed by atoms with Crippen LogP contribution in [0.3, 0.4) is 0 Å². The number of carbonyl (C=O) groups excluding carboxylic acids is 3. The largest absolute Gasteiger partial charge is 0.508 e. The van der Waals surface area contributed by atoms with Gasteiger partial charge in [-0.25, -0.2) is 0 Å². The van der Waals surface area contributed by atoms with E-state index < -0.39 is 6.04 Å². The lowest BCUT2D eigenvalue weighted by Gasteiger charge is -2.43. The SMILES string of the molecule is CC/C(=C(\c1ccc(O)cc1)c1ccc(OCCCCCN2CCN(C3CC4CN(C5CCC(=O)NC5=O)C(=O)C4CN3)CC2)cc1)c1ccccc1. The Bertz CT molecular complexity index is 1750. The predicted molar refractivity (Wildman–Crippen MR) is 206 cm³/mol. The summed E-state index contributed by atoms with van der Waals surface area (Å²) >= 11 is 0. The van der Waals surface area contributed by atoms with Crippen LogP contribution in [0.1, 0.15) is 68.6 Å². The third-order valence-corrected chi connectivity index (χ3v) is 11.6. The average molecular weight is 720 g/mol. The number of nitrogens with zero attached hydrogens (tertiary/aromatic N) is 3. The van der Waals surface area contributed by atoms with Crippen LogP contribution in [-0.4, -0.2) is 102 Å². The summed E-state index contributed by atoms with van der Waals surface area (Å²) < 4.78 is 6.16. The number of piperazine rings is 1. The number of aromatic hydroxyl groups is 1. The molecule has 7 rings (SSSR count). The van der Waals surface area contributed by atoms with Crippen LogP contribution in [0.4, 0.5) is 0 Å². The number of phenolic OH excluding ortho intramolecular Hbond substituents is 1. The zero-order valence-electron chi connectivity index (χ0n) is 30.8. The Labute approximate surface area is 313 Å². The molecule has 3 amide bonds. The number of rotatable bonds is 13. The molecule has 3 aromatic carbocycles. The highest BCUT2D eigenvalue weighted by molar-refractivity contribution is 6.02. The van der Waals surface area contributed by atoms with Gasteiger partial charge in [-0.15, -0.1) is 0 Å². The maximum absolute atomic E-state index is 13.2. The smallest absolute Gasteiger partial charge is 0.249 e. The van der Waals surface area contributed by atoms with E-state index in [1.54, 1.807) is 17.0 Å². The van der Waals surface area contributed by atoms with Gasteiger partial charge in [0.2, 0.25) is 17.7 Å². The highest BCUT2D eigenvalue weighted by atomic mass is 16.5. The van der Waals surface area contributed by atoms with Crippen LogP contribution < -0.4 is 15.4 Å². The summed E-state index contributed by atoms with van der Waals surface area (Å²) in [6, 6.07) is 25.8. The number of benzene rings is 3. The van der Waals surface area contributed by atoms with Crippen molar-refractivity contribution >= 4 is 28.9 Å². The van der Waals surface area contributed by atoms with Gasteiger partial charge in [-0.05, 0) is 103 Å². The second-order valence-corrected chi connectivity index (χ2v) is 14.9. The fraction of sp³-hybridized carbons (Fsp3) is 0.465. The summed E-state index contributed by atoms with van der Waals surface area (Å²) in [6.07, 6.45) is 6.04. The van der Waals surface area contributed by atoms with Gasteiger partial charge in [-0.2, -0.15) is 0 Å². The molecule has 4 saturated heterocycles. The van der Waals surface area contributed by atoms with Crippen molar-refractivity contribution in [3.63, 3.8) is 0 Å². The van der Waals surface area contributed by atoms with Crippen molar-refractivity contribution in [3.05, 3.63) is 95.6 Å². The number of hydrogen-bond donors (Lipinski definition) is 3. The third-order valence-electron chi connectivity index (χ3n) is 11.6. The normalized spacial score (nSPS) is 24.5. The monoisotopic (exact) mass is 719 g/mol. The molecular formula is C43H53N5O5. The Kier molecular flexibility index (Phi) is 11.9. The first-order valence-electron chi connectivity index (χ1n) is 19.5. The van der Waals surface area contributed by atoms with Crippen LogP contribution in [0.25, 0.3) is 11.1 Å². The molecule has 0 aliphatic carbocycles. The zero-order valence-corrected chi connectivity index (χ0v) is 30.8. The molecular weight excluding hydrogens is 667 g/mol. The number of ether oxygens (including phenoxy) is 1. The van der Waals surface area contributed by atoms with Crippen LogP contribution in [0.5, 0.6) is 11.5 Å². The van der Waals surface area contributed by atoms with Crippen molar-refractivity contribution in [2.45, 2.75) is 64.1 Å². The number of allylic oxidation sites excluding steroid dienone is 1. The molecule has 10 heteroatoms. The Balaban J connectivity index is 0.827. The van der Waals surface area contributed by atoms with Crippen molar-refractivity contribution < 1.29 is 24.2 Å². The number of hydrogen-bond acceptors (Lipinski definition) is 8. The fourth-order valence-electron chi connectivity index (χ4n) is 8.68. The van der Waals surface area contributed by atoms with E-state index in [4.69, 9.17) is 4.74 Å².